The lowest BCUT2D eigenvalue weighted by Gasteiger charge is -2.15. The van der Waals surface area contributed by atoms with Gasteiger partial charge < -0.3 is 5.32 Å². The van der Waals surface area contributed by atoms with Crippen molar-refractivity contribution in [3.05, 3.63) is 42.0 Å². The van der Waals surface area contributed by atoms with E-state index in [4.69, 9.17) is 0 Å². The lowest BCUT2D eigenvalue weighted by atomic mass is 10.1. The van der Waals surface area contributed by atoms with Crippen LogP contribution in [0.25, 0.3) is 0 Å². The SMILES string of the molecule is CNC(Cc1ccccn1)c1cnnn1C. The summed E-state index contributed by atoms with van der Waals surface area (Å²) in [7, 11) is 3.83. The number of aryl methyl sites for hydroxylation is 1. The molecule has 1 atom stereocenters. The van der Waals surface area contributed by atoms with Gasteiger partial charge in [0.05, 0.1) is 17.9 Å². The molecule has 0 aliphatic heterocycles. The standard InChI is InChI=1S/C11H15N5/c1-12-10(11-8-14-15-16(11)2)7-9-5-3-4-6-13-9/h3-6,8,10,12H,7H2,1-2H3. The van der Waals surface area contributed by atoms with Crippen molar-refractivity contribution in [3.63, 3.8) is 0 Å². The van der Waals surface area contributed by atoms with E-state index in [1.807, 2.05) is 38.5 Å². The van der Waals surface area contributed by atoms with Gasteiger partial charge in [-0.15, -0.1) is 5.10 Å². The molecule has 0 spiro atoms. The van der Waals surface area contributed by atoms with Gasteiger partial charge >= 0.3 is 0 Å². The molecule has 2 heterocycles. The minimum absolute atomic E-state index is 0.190. The molecule has 2 aromatic heterocycles. The molecule has 0 amide bonds. The van der Waals surface area contributed by atoms with Crippen molar-refractivity contribution in [1.29, 1.82) is 0 Å². The molecular weight excluding hydrogens is 202 g/mol. The van der Waals surface area contributed by atoms with Crippen molar-refractivity contribution in [2.45, 2.75) is 12.5 Å². The number of hydrogen-bond acceptors (Lipinski definition) is 4. The molecule has 5 heteroatoms. The largest absolute Gasteiger partial charge is 0.311 e. The van der Waals surface area contributed by atoms with E-state index in [-0.39, 0.29) is 6.04 Å². The topological polar surface area (TPSA) is 55.6 Å². The van der Waals surface area contributed by atoms with Gasteiger partial charge in [-0.25, -0.2) is 0 Å². The summed E-state index contributed by atoms with van der Waals surface area (Å²) in [5.74, 6) is 0. The zero-order chi connectivity index (χ0) is 11.4. The Morgan fingerprint density at radius 1 is 1.44 bits per heavy atom. The lowest BCUT2D eigenvalue weighted by Crippen LogP contribution is -2.22. The zero-order valence-corrected chi connectivity index (χ0v) is 9.46. The average Bonchev–Trinajstić information content (AvgIpc) is 2.74. The molecule has 0 bridgehead atoms. The Morgan fingerprint density at radius 2 is 2.31 bits per heavy atom. The zero-order valence-electron chi connectivity index (χ0n) is 9.46. The summed E-state index contributed by atoms with van der Waals surface area (Å²) < 4.78 is 1.78. The van der Waals surface area contributed by atoms with Gasteiger partial charge in [0.25, 0.3) is 0 Å². The van der Waals surface area contributed by atoms with Gasteiger partial charge in [-0.1, -0.05) is 11.3 Å². The van der Waals surface area contributed by atoms with Crippen molar-refractivity contribution in [2.75, 3.05) is 7.05 Å². The molecule has 0 aliphatic rings. The first kappa shape index (κ1) is 10.8. The minimum Gasteiger partial charge on any atom is -0.311 e. The van der Waals surface area contributed by atoms with Gasteiger partial charge in [0.2, 0.25) is 0 Å². The third kappa shape index (κ3) is 2.25. The monoisotopic (exact) mass is 217 g/mol. The van der Waals surface area contributed by atoms with Crippen LogP contribution in [0.15, 0.2) is 30.6 Å². The molecule has 2 aromatic rings. The first-order chi connectivity index (χ1) is 7.81. The van der Waals surface area contributed by atoms with Crippen LogP contribution in [0.4, 0.5) is 0 Å². The Hall–Kier alpha value is -1.75. The number of pyridine rings is 1. The molecule has 0 saturated heterocycles. The Morgan fingerprint density at radius 3 is 2.88 bits per heavy atom. The second-order valence-electron chi connectivity index (χ2n) is 3.65. The lowest BCUT2D eigenvalue weighted by molar-refractivity contribution is 0.530. The Kier molecular flexibility index (Phi) is 3.26. The molecule has 0 fully saturated rings. The highest BCUT2D eigenvalue weighted by Gasteiger charge is 2.14. The van der Waals surface area contributed by atoms with Crippen LogP contribution in [-0.4, -0.2) is 27.0 Å². The molecule has 0 radical (unpaired) electrons. The van der Waals surface area contributed by atoms with Crippen molar-refractivity contribution >= 4 is 0 Å². The summed E-state index contributed by atoms with van der Waals surface area (Å²) in [4.78, 5) is 4.32. The third-order valence-corrected chi connectivity index (χ3v) is 2.59. The van der Waals surface area contributed by atoms with Crippen molar-refractivity contribution in [3.8, 4) is 0 Å². The number of nitrogens with one attached hydrogen (secondary N) is 1. The number of likely N-dealkylation sites (N-methyl/N-ethyl adjacent to an activating group) is 1. The maximum atomic E-state index is 4.32. The molecule has 0 aromatic carbocycles. The van der Waals surface area contributed by atoms with E-state index in [9.17, 15) is 0 Å². The first-order valence-corrected chi connectivity index (χ1v) is 5.23. The fraction of sp³-hybridized carbons (Fsp3) is 0.364. The van der Waals surface area contributed by atoms with Crippen LogP contribution in [0, 0.1) is 0 Å². The van der Waals surface area contributed by atoms with E-state index >= 15 is 0 Å². The smallest absolute Gasteiger partial charge is 0.0757 e. The first-order valence-electron chi connectivity index (χ1n) is 5.23. The maximum absolute atomic E-state index is 4.32. The van der Waals surface area contributed by atoms with E-state index in [2.05, 4.69) is 20.6 Å². The molecule has 0 aliphatic carbocycles. The van der Waals surface area contributed by atoms with Crippen LogP contribution >= 0.6 is 0 Å². The van der Waals surface area contributed by atoms with Crippen LogP contribution in [0.3, 0.4) is 0 Å². The summed E-state index contributed by atoms with van der Waals surface area (Å²) in [5, 5.41) is 11.1. The van der Waals surface area contributed by atoms with Crippen molar-refractivity contribution in [2.24, 2.45) is 7.05 Å². The molecule has 16 heavy (non-hydrogen) atoms. The van der Waals surface area contributed by atoms with Crippen LogP contribution in [0.1, 0.15) is 17.4 Å². The van der Waals surface area contributed by atoms with Crippen LogP contribution < -0.4 is 5.32 Å². The molecule has 1 N–H and O–H groups in total. The predicted molar refractivity (Wildman–Crippen MR) is 60.7 cm³/mol. The summed E-state index contributed by atoms with van der Waals surface area (Å²) in [6.07, 6.45) is 4.42. The fourth-order valence-electron chi connectivity index (χ4n) is 1.70. The summed E-state index contributed by atoms with van der Waals surface area (Å²) in [5.41, 5.74) is 2.12. The highest BCUT2D eigenvalue weighted by atomic mass is 15.4. The highest BCUT2D eigenvalue weighted by molar-refractivity contribution is 5.10. The molecule has 84 valence electrons. The molecule has 2 rings (SSSR count). The quantitative estimate of drug-likeness (QED) is 0.819. The van der Waals surface area contributed by atoms with E-state index in [1.165, 1.54) is 0 Å². The van der Waals surface area contributed by atoms with Gasteiger partial charge in [0.1, 0.15) is 0 Å². The fourth-order valence-corrected chi connectivity index (χ4v) is 1.70. The van der Waals surface area contributed by atoms with E-state index in [0.717, 1.165) is 17.8 Å². The molecular formula is C11H15N5. The van der Waals surface area contributed by atoms with E-state index < -0.39 is 0 Å². The van der Waals surface area contributed by atoms with Gasteiger partial charge in [-0.05, 0) is 19.2 Å². The highest BCUT2D eigenvalue weighted by Crippen LogP contribution is 2.14. The molecule has 1 unspecified atom stereocenters. The normalized spacial score (nSPS) is 12.6. The number of hydrogen-bond donors (Lipinski definition) is 1. The van der Waals surface area contributed by atoms with Gasteiger partial charge in [-0.2, -0.15) is 0 Å². The van der Waals surface area contributed by atoms with Crippen molar-refractivity contribution < 1.29 is 0 Å². The minimum atomic E-state index is 0.190. The third-order valence-electron chi connectivity index (χ3n) is 2.59. The number of rotatable bonds is 4. The molecule has 0 saturated carbocycles. The predicted octanol–water partition coefficient (Wildman–Crippen LogP) is 0.713. The summed E-state index contributed by atoms with van der Waals surface area (Å²) >= 11 is 0. The van der Waals surface area contributed by atoms with Gasteiger partial charge in [0, 0.05) is 25.4 Å². The summed E-state index contributed by atoms with van der Waals surface area (Å²) in [6, 6.07) is 6.13. The van der Waals surface area contributed by atoms with Crippen LogP contribution in [0.2, 0.25) is 0 Å². The Balaban J connectivity index is 2.16. The van der Waals surface area contributed by atoms with E-state index in [1.54, 1.807) is 10.9 Å². The van der Waals surface area contributed by atoms with Gasteiger partial charge in [0.15, 0.2) is 0 Å². The average molecular weight is 217 g/mol. The second kappa shape index (κ2) is 4.85. The second-order valence-corrected chi connectivity index (χ2v) is 3.65. The number of aromatic nitrogens is 4. The summed E-state index contributed by atoms with van der Waals surface area (Å²) in [6.45, 7) is 0. The Labute approximate surface area is 94.5 Å². The maximum Gasteiger partial charge on any atom is 0.0757 e. The molecule has 5 nitrogen and oxygen atoms in total. The van der Waals surface area contributed by atoms with Crippen molar-refractivity contribution in [1.82, 2.24) is 25.3 Å². The number of nitrogens with zero attached hydrogens (tertiary/aromatic N) is 4. The van der Waals surface area contributed by atoms with E-state index in [0.29, 0.717) is 0 Å². The Bertz CT molecular complexity index is 437. The van der Waals surface area contributed by atoms with Gasteiger partial charge in [-0.3, -0.25) is 9.67 Å². The van der Waals surface area contributed by atoms with Crippen LogP contribution in [0.5, 0.6) is 0 Å². The van der Waals surface area contributed by atoms with Crippen LogP contribution in [-0.2, 0) is 13.5 Å².